The highest BCUT2D eigenvalue weighted by molar-refractivity contribution is 6.30. The van der Waals surface area contributed by atoms with Crippen LogP contribution in [0.15, 0.2) is 72.0 Å². The van der Waals surface area contributed by atoms with Crippen molar-refractivity contribution in [2.24, 2.45) is 0 Å². The van der Waals surface area contributed by atoms with E-state index in [-0.39, 0.29) is 5.57 Å². The van der Waals surface area contributed by atoms with E-state index in [0.717, 1.165) is 12.1 Å². The zero-order valence-corrected chi connectivity index (χ0v) is 17.8. The number of hydrogen-bond acceptors (Lipinski definition) is 4. The van der Waals surface area contributed by atoms with E-state index < -0.39 is 23.5 Å². The summed E-state index contributed by atoms with van der Waals surface area (Å²) in [6.45, 7) is 1.20. The van der Waals surface area contributed by atoms with E-state index in [4.69, 9.17) is 11.6 Å². The van der Waals surface area contributed by atoms with Crippen LogP contribution in [0.25, 0.3) is 6.08 Å². The lowest BCUT2D eigenvalue weighted by Crippen LogP contribution is -2.33. The summed E-state index contributed by atoms with van der Waals surface area (Å²) >= 11 is 6.17. The third-order valence-electron chi connectivity index (χ3n) is 4.96. The third-order valence-corrected chi connectivity index (χ3v) is 5.20. The van der Waals surface area contributed by atoms with Gasteiger partial charge in [0.05, 0.1) is 11.6 Å². The fourth-order valence-electron chi connectivity index (χ4n) is 3.54. The average Bonchev–Trinajstić information content (AvgIpc) is 2.97. The van der Waals surface area contributed by atoms with Gasteiger partial charge in [0, 0.05) is 11.6 Å². The summed E-state index contributed by atoms with van der Waals surface area (Å²) in [5, 5.41) is 11.1. The summed E-state index contributed by atoms with van der Waals surface area (Å²) in [5.74, 6) is -1.42. The molecule has 1 N–H and O–H groups in total. The van der Waals surface area contributed by atoms with Crippen LogP contribution in [0.4, 0.5) is 0 Å². The van der Waals surface area contributed by atoms with Gasteiger partial charge in [-0.3, -0.25) is 9.59 Å². The molecule has 0 spiro atoms. The summed E-state index contributed by atoms with van der Waals surface area (Å²) in [5.41, 5.74) is 1.64. The molecule has 1 atom stereocenters. The minimum atomic E-state index is -0.675. The summed E-state index contributed by atoms with van der Waals surface area (Å²) in [7, 11) is 3.92. The molecule has 30 heavy (non-hydrogen) atoms. The van der Waals surface area contributed by atoms with Crippen molar-refractivity contribution < 1.29 is 14.7 Å². The molecule has 0 saturated heterocycles. The molecule has 1 unspecified atom stereocenters. The Kier molecular flexibility index (Phi) is 7.08. The number of benzene rings is 2. The standard InChI is InChI=1S/C24H25ClN2O3/c1-26(2)14-7-15-27-22(18-10-6-11-19(25)16-18)21(23(29)24(27)30)20(28)13-12-17-8-4-3-5-9-17/h3-6,8-13,16,22,29H,7,14-15H2,1-2H3/b13-12+. The van der Waals surface area contributed by atoms with Crippen LogP contribution in [0.2, 0.25) is 5.02 Å². The first-order valence-electron chi connectivity index (χ1n) is 9.80. The van der Waals surface area contributed by atoms with Crippen LogP contribution in [0.1, 0.15) is 23.6 Å². The van der Waals surface area contributed by atoms with Gasteiger partial charge in [-0.15, -0.1) is 0 Å². The van der Waals surface area contributed by atoms with Gasteiger partial charge in [-0.05, 0) is 56.4 Å². The van der Waals surface area contributed by atoms with Crippen LogP contribution in [0.3, 0.4) is 0 Å². The molecule has 0 aliphatic carbocycles. The van der Waals surface area contributed by atoms with Gasteiger partial charge in [0.1, 0.15) is 0 Å². The average molecular weight is 425 g/mol. The molecule has 1 aliphatic rings. The lowest BCUT2D eigenvalue weighted by Gasteiger charge is -2.27. The van der Waals surface area contributed by atoms with Gasteiger partial charge in [0.15, 0.2) is 11.5 Å². The number of rotatable bonds is 8. The first kappa shape index (κ1) is 21.8. The van der Waals surface area contributed by atoms with Crippen LogP contribution < -0.4 is 0 Å². The number of ketones is 1. The van der Waals surface area contributed by atoms with E-state index in [0.29, 0.717) is 23.6 Å². The molecule has 1 amide bonds. The molecule has 5 nitrogen and oxygen atoms in total. The maximum Gasteiger partial charge on any atom is 0.290 e. The maximum atomic E-state index is 13.0. The van der Waals surface area contributed by atoms with Crippen LogP contribution in [0.5, 0.6) is 0 Å². The van der Waals surface area contributed by atoms with Gasteiger partial charge < -0.3 is 14.9 Å². The molecule has 0 saturated carbocycles. The Morgan fingerprint density at radius 1 is 1.17 bits per heavy atom. The minimum Gasteiger partial charge on any atom is -0.503 e. The molecule has 1 aliphatic heterocycles. The van der Waals surface area contributed by atoms with Gasteiger partial charge in [0.25, 0.3) is 5.91 Å². The highest BCUT2D eigenvalue weighted by atomic mass is 35.5. The van der Waals surface area contributed by atoms with E-state index in [2.05, 4.69) is 0 Å². The summed E-state index contributed by atoms with van der Waals surface area (Å²) in [6, 6.07) is 15.8. The number of amides is 1. The second-order valence-corrected chi connectivity index (χ2v) is 7.92. The Morgan fingerprint density at radius 3 is 2.57 bits per heavy atom. The molecule has 0 aromatic heterocycles. The van der Waals surface area contributed by atoms with Gasteiger partial charge in [-0.25, -0.2) is 0 Å². The van der Waals surface area contributed by atoms with E-state index in [1.807, 2.05) is 55.4 Å². The van der Waals surface area contributed by atoms with Crippen molar-refractivity contribution in [3.8, 4) is 0 Å². The largest absolute Gasteiger partial charge is 0.503 e. The van der Waals surface area contributed by atoms with E-state index in [1.165, 1.54) is 6.08 Å². The number of nitrogens with zero attached hydrogens (tertiary/aromatic N) is 2. The number of carbonyl (C=O) groups excluding carboxylic acids is 2. The molecule has 0 bridgehead atoms. The molecule has 2 aromatic carbocycles. The fourth-order valence-corrected chi connectivity index (χ4v) is 3.74. The number of aliphatic hydroxyl groups excluding tert-OH is 1. The lowest BCUT2D eigenvalue weighted by atomic mass is 9.95. The van der Waals surface area contributed by atoms with E-state index >= 15 is 0 Å². The summed E-state index contributed by atoms with van der Waals surface area (Å²) in [6.07, 6.45) is 3.79. The normalized spacial score (nSPS) is 16.9. The predicted octanol–water partition coefficient (Wildman–Crippen LogP) is 4.27. The van der Waals surface area contributed by atoms with Gasteiger partial charge in [-0.2, -0.15) is 0 Å². The number of allylic oxidation sites excluding steroid dienone is 1. The zero-order chi connectivity index (χ0) is 21.7. The Bertz CT molecular complexity index is 983. The monoisotopic (exact) mass is 424 g/mol. The van der Waals surface area contributed by atoms with Crippen LogP contribution >= 0.6 is 11.6 Å². The molecule has 1 heterocycles. The second-order valence-electron chi connectivity index (χ2n) is 7.48. The minimum absolute atomic E-state index is 0.0827. The SMILES string of the molecule is CN(C)CCCN1C(=O)C(O)=C(C(=O)/C=C/c2ccccc2)C1c1cccc(Cl)c1. The van der Waals surface area contributed by atoms with Crippen molar-refractivity contribution in [3.05, 3.63) is 88.2 Å². The summed E-state index contributed by atoms with van der Waals surface area (Å²) < 4.78 is 0. The van der Waals surface area contributed by atoms with Crippen molar-refractivity contribution in [2.45, 2.75) is 12.5 Å². The molecule has 0 radical (unpaired) electrons. The maximum absolute atomic E-state index is 13.0. The van der Waals surface area contributed by atoms with Crippen molar-refractivity contribution in [3.63, 3.8) is 0 Å². The molecular weight excluding hydrogens is 400 g/mol. The number of hydrogen-bond donors (Lipinski definition) is 1. The van der Waals surface area contributed by atoms with E-state index in [9.17, 15) is 14.7 Å². The highest BCUT2D eigenvalue weighted by Crippen LogP contribution is 2.38. The van der Waals surface area contributed by atoms with Crippen LogP contribution in [0, 0.1) is 0 Å². The quantitative estimate of drug-likeness (QED) is 0.643. The first-order chi connectivity index (χ1) is 14.4. The molecular formula is C24H25ClN2O3. The van der Waals surface area contributed by atoms with Crippen molar-refractivity contribution >= 4 is 29.4 Å². The number of halogens is 1. The Morgan fingerprint density at radius 2 is 1.90 bits per heavy atom. The molecule has 156 valence electrons. The molecule has 3 rings (SSSR count). The van der Waals surface area contributed by atoms with Crippen LogP contribution in [-0.4, -0.2) is 53.8 Å². The van der Waals surface area contributed by atoms with Gasteiger partial charge in [0.2, 0.25) is 0 Å². The summed E-state index contributed by atoms with van der Waals surface area (Å²) in [4.78, 5) is 29.5. The van der Waals surface area contributed by atoms with Gasteiger partial charge in [-0.1, -0.05) is 60.1 Å². The van der Waals surface area contributed by atoms with Gasteiger partial charge >= 0.3 is 0 Å². The van der Waals surface area contributed by atoms with Crippen molar-refractivity contribution in [1.29, 1.82) is 0 Å². The number of aliphatic hydroxyl groups is 1. The second kappa shape index (κ2) is 9.74. The Balaban J connectivity index is 1.94. The van der Waals surface area contributed by atoms with Crippen molar-refractivity contribution in [1.82, 2.24) is 9.80 Å². The predicted molar refractivity (Wildman–Crippen MR) is 119 cm³/mol. The van der Waals surface area contributed by atoms with E-state index in [1.54, 1.807) is 29.2 Å². The Hall–Kier alpha value is -2.89. The molecule has 6 heteroatoms. The molecule has 0 fully saturated rings. The smallest absolute Gasteiger partial charge is 0.290 e. The molecule has 2 aromatic rings. The lowest BCUT2D eigenvalue weighted by molar-refractivity contribution is -0.129. The highest BCUT2D eigenvalue weighted by Gasteiger charge is 2.42. The Labute approximate surface area is 181 Å². The van der Waals surface area contributed by atoms with Crippen LogP contribution in [-0.2, 0) is 9.59 Å². The number of carbonyl (C=O) groups is 2. The van der Waals surface area contributed by atoms with Crippen molar-refractivity contribution in [2.75, 3.05) is 27.2 Å². The zero-order valence-electron chi connectivity index (χ0n) is 17.1. The third kappa shape index (κ3) is 4.99. The topological polar surface area (TPSA) is 60.9 Å². The first-order valence-corrected chi connectivity index (χ1v) is 10.2. The fraction of sp³-hybridized carbons (Fsp3) is 0.250.